The fourth-order valence-electron chi connectivity index (χ4n) is 3.25. The molecule has 2 saturated heterocycles. The van der Waals surface area contributed by atoms with Crippen molar-refractivity contribution in [1.29, 1.82) is 0 Å². The van der Waals surface area contributed by atoms with E-state index in [1.165, 1.54) is 25.1 Å². The molecule has 3 rings (SSSR count). The van der Waals surface area contributed by atoms with Gasteiger partial charge in [0.25, 0.3) is 0 Å². The number of nitrogens with zero attached hydrogens (tertiary/aromatic N) is 2. The van der Waals surface area contributed by atoms with E-state index in [2.05, 4.69) is 9.80 Å². The second-order valence-electron chi connectivity index (χ2n) is 5.55. The summed E-state index contributed by atoms with van der Waals surface area (Å²) in [5.74, 6) is -0.236. The van der Waals surface area contributed by atoms with Crippen molar-refractivity contribution in [1.82, 2.24) is 4.90 Å². The maximum absolute atomic E-state index is 11.6. The van der Waals surface area contributed by atoms with Crippen LogP contribution in [0.5, 0.6) is 0 Å². The molecule has 1 aromatic carbocycles. The summed E-state index contributed by atoms with van der Waals surface area (Å²) in [6.07, 6.45) is 2.65. The van der Waals surface area contributed by atoms with E-state index < -0.39 is 0 Å². The third-order valence-corrected chi connectivity index (χ3v) is 4.33. The second-order valence-corrected chi connectivity index (χ2v) is 5.55. The minimum atomic E-state index is -0.236. The number of hydrogen-bond donors (Lipinski definition) is 0. The highest BCUT2D eigenvalue weighted by Gasteiger charge is 2.30. The number of anilines is 1. The molecule has 0 bridgehead atoms. The number of benzene rings is 1. The molecule has 0 spiro atoms. The van der Waals surface area contributed by atoms with Gasteiger partial charge in [-0.2, -0.15) is 0 Å². The van der Waals surface area contributed by atoms with Gasteiger partial charge >= 0.3 is 5.97 Å². The molecule has 0 saturated carbocycles. The Morgan fingerprint density at radius 2 is 2.05 bits per heavy atom. The fraction of sp³-hybridized carbons (Fsp3) is 0.562. The van der Waals surface area contributed by atoms with Gasteiger partial charge in [-0.05, 0) is 50.6 Å². The standard InChI is InChI=1S/C16H22N2O2/c1-2-20-16(19)13-5-7-14(8-6-13)18-11-10-17-9-3-4-15(17)12-18/h5-8,15H,2-4,9-12H2,1H3. The fourth-order valence-corrected chi connectivity index (χ4v) is 3.25. The lowest BCUT2D eigenvalue weighted by atomic mass is 10.1. The van der Waals surface area contributed by atoms with Crippen molar-refractivity contribution in [3.63, 3.8) is 0 Å². The molecule has 0 amide bonds. The van der Waals surface area contributed by atoms with Gasteiger partial charge in [-0.1, -0.05) is 0 Å². The van der Waals surface area contributed by atoms with Gasteiger partial charge in [0.2, 0.25) is 0 Å². The molecule has 4 heteroatoms. The van der Waals surface area contributed by atoms with Gasteiger partial charge in [0.05, 0.1) is 12.2 Å². The van der Waals surface area contributed by atoms with Crippen molar-refractivity contribution in [3.8, 4) is 0 Å². The largest absolute Gasteiger partial charge is 0.462 e. The molecule has 20 heavy (non-hydrogen) atoms. The van der Waals surface area contributed by atoms with Crippen LogP contribution in [-0.4, -0.2) is 49.7 Å². The van der Waals surface area contributed by atoms with Crippen LogP contribution < -0.4 is 4.90 Å². The number of hydrogen-bond acceptors (Lipinski definition) is 4. The third kappa shape index (κ3) is 2.66. The van der Waals surface area contributed by atoms with Gasteiger partial charge in [0.15, 0.2) is 0 Å². The minimum Gasteiger partial charge on any atom is -0.462 e. The molecular weight excluding hydrogens is 252 g/mol. The molecular formula is C16H22N2O2. The summed E-state index contributed by atoms with van der Waals surface area (Å²) < 4.78 is 5.01. The lowest BCUT2D eigenvalue weighted by molar-refractivity contribution is 0.0526. The van der Waals surface area contributed by atoms with Gasteiger partial charge in [-0.3, -0.25) is 4.90 Å². The highest BCUT2D eigenvalue weighted by Crippen LogP contribution is 2.25. The van der Waals surface area contributed by atoms with Crippen LogP contribution in [0.3, 0.4) is 0 Å². The topological polar surface area (TPSA) is 32.8 Å². The maximum Gasteiger partial charge on any atom is 0.338 e. The molecule has 0 aromatic heterocycles. The summed E-state index contributed by atoms with van der Waals surface area (Å²) >= 11 is 0. The van der Waals surface area contributed by atoms with E-state index in [1.54, 1.807) is 0 Å². The van der Waals surface area contributed by atoms with Crippen molar-refractivity contribution in [2.45, 2.75) is 25.8 Å². The summed E-state index contributed by atoms with van der Waals surface area (Å²) in [4.78, 5) is 16.7. The molecule has 1 unspecified atom stereocenters. The highest BCUT2D eigenvalue weighted by atomic mass is 16.5. The highest BCUT2D eigenvalue weighted by molar-refractivity contribution is 5.89. The van der Waals surface area contributed by atoms with Crippen molar-refractivity contribution >= 4 is 11.7 Å². The quantitative estimate of drug-likeness (QED) is 0.791. The van der Waals surface area contributed by atoms with Gasteiger partial charge < -0.3 is 9.64 Å². The number of piperazine rings is 1. The molecule has 2 aliphatic rings. The van der Waals surface area contributed by atoms with Gasteiger partial charge in [-0.25, -0.2) is 4.79 Å². The van der Waals surface area contributed by atoms with Crippen molar-refractivity contribution in [2.75, 3.05) is 37.7 Å². The summed E-state index contributed by atoms with van der Waals surface area (Å²) in [5, 5.41) is 0. The Balaban J connectivity index is 1.67. The van der Waals surface area contributed by atoms with Crippen LogP contribution in [0.25, 0.3) is 0 Å². The van der Waals surface area contributed by atoms with Crippen LogP contribution in [-0.2, 0) is 4.74 Å². The molecule has 108 valence electrons. The molecule has 2 aliphatic heterocycles. The van der Waals surface area contributed by atoms with Gasteiger partial charge in [-0.15, -0.1) is 0 Å². The zero-order valence-electron chi connectivity index (χ0n) is 12.0. The predicted molar refractivity (Wildman–Crippen MR) is 79.2 cm³/mol. The van der Waals surface area contributed by atoms with Crippen LogP contribution in [0, 0.1) is 0 Å². The third-order valence-electron chi connectivity index (χ3n) is 4.33. The van der Waals surface area contributed by atoms with E-state index in [0.717, 1.165) is 19.6 Å². The number of carbonyl (C=O) groups is 1. The van der Waals surface area contributed by atoms with E-state index in [4.69, 9.17) is 4.74 Å². The van der Waals surface area contributed by atoms with Crippen molar-refractivity contribution in [2.24, 2.45) is 0 Å². The van der Waals surface area contributed by atoms with Crippen molar-refractivity contribution in [3.05, 3.63) is 29.8 Å². The Morgan fingerprint density at radius 3 is 2.80 bits per heavy atom. The molecule has 1 atom stereocenters. The normalized spacial score (nSPS) is 22.6. The SMILES string of the molecule is CCOC(=O)c1ccc(N2CCN3CCCC3C2)cc1. The first-order valence-electron chi connectivity index (χ1n) is 7.54. The maximum atomic E-state index is 11.6. The van der Waals surface area contributed by atoms with Crippen LogP contribution >= 0.6 is 0 Å². The van der Waals surface area contributed by atoms with E-state index in [1.807, 2.05) is 31.2 Å². The second kappa shape index (κ2) is 5.83. The zero-order valence-corrected chi connectivity index (χ0v) is 12.0. The molecule has 0 N–H and O–H groups in total. The van der Waals surface area contributed by atoms with Crippen LogP contribution in [0.1, 0.15) is 30.1 Å². The Hall–Kier alpha value is -1.55. The van der Waals surface area contributed by atoms with Gasteiger partial charge in [0, 0.05) is 31.4 Å². The van der Waals surface area contributed by atoms with E-state index in [9.17, 15) is 4.79 Å². The monoisotopic (exact) mass is 274 g/mol. The molecule has 2 heterocycles. The Labute approximate surface area is 120 Å². The van der Waals surface area contributed by atoms with E-state index in [-0.39, 0.29) is 5.97 Å². The lowest BCUT2D eigenvalue weighted by Crippen LogP contribution is -2.50. The number of esters is 1. The minimum absolute atomic E-state index is 0.236. The summed E-state index contributed by atoms with van der Waals surface area (Å²) in [5.41, 5.74) is 1.85. The summed E-state index contributed by atoms with van der Waals surface area (Å²) in [7, 11) is 0. The Morgan fingerprint density at radius 1 is 1.25 bits per heavy atom. The number of carbonyl (C=O) groups excluding carboxylic acids is 1. The summed E-state index contributed by atoms with van der Waals surface area (Å²) in [6, 6.07) is 8.53. The number of ether oxygens (including phenoxy) is 1. The first-order valence-corrected chi connectivity index (χ1v) is 7.54. The van der Waals surface area contributed by atoms with Crippen LogP contribution in [0.15, 0.2) is 24.3 Å². The molecule has 4 nitrogen and oxygen atoms in total. The molecule has 0 radical (unpaired) electrons. The van der Waals surface area contributed by atoms with Crippen molar-refractivity contribution < 1.29 is 9.53 Å². The Bertz CT molecular complexity index is 472. The van der Waals surface area contributed by atoms with E-state index in [0.29, 0.717) is 18.2 Å². The van der Waals surface area contributed by atoms with Crippen LogP contribution in [0.2, 0.25) is 0 Å². The number of fused-ring (bicyclic) bond motifs is 1. The zero-order chi connectivity index (χ0) is 13.9. The lowest BCUT2D eigenvalue weighted by Gasteiger charge is -2.38. The average molecular weight is 274 g/mol. The van der Waals surface area contributed by atoms with E-state index >= 15 is 0 Å². The average Bonchev–Trinajstić information content (AvgIpc) is 2.95. The number of rotatable bonds is 3. The van der Waals surface area contributed by atoms with Crippen LogP contribution in [0.4, 0.5) is 5.69 Å². The molecule has 2 fully saturated rings. The molecule has 1 aromatic rings. The van der Waals surface area contributed by atoms with Gasteiger partial charge in [0.1, 0.15) is 0 Å². The molecule has 0 aliphatic carbocycles. The summed E-state index contributed by atoms with van der Waals surface area (Å²) in [6.45, 7) is 6.86. The first-order chi connectivity index (χ1) is 9.78. The first kappa shape index (κ1) is 13.4. The smallest absolute Gasteiger partial charge is 0.338 e. The Kier molecular flexibility index (Phi) is 3.92. The predicted octanol–water partition coefficient (Wildman–Crippen LogP) is 2.15.